The monoisotopic (exact) mass is 640 g/mol. The minimum atomic E-state index is -1.40. The lowest BCUT2D eigenvalue weighted by Crippen LogP contribution is -2.18. The molecule has 35 heavy (non-hydrogen) atoms. The number of halogens is 8. The molecule has 0 heterocycles. The highest BCUT2D eigenvalue weighted by molar-refractivity contribution is 9.10. The number of carbonyl (C=O) groups is 2. The van der Waals surface area contributed by atoms with Gasteiger partial charge in [0.25, 0.3) is 5.91 Å². The third kappa shape index (κ3) is 5.41. The van der Waals surface area contributed by atoms with E-state index in [1.165, 1.54) is 18.2 Å². The molecular formula is C23H12BrCl5F2N2O2. The minimum absolute atomic E-state index is 0.0445. The number of alkyl halides is 2. The normalized spacial score (nSPS) is 18.2. The molecule has 0 aliphatic heterocycles. The van der Waals surface area contributed by atoms with E-state index in [-0.39, 0.29) is 27.0 Å². The van der Waals surface area contributed by atoms with E-state index >= 15 is 0 Å². The predicted octanol–water partition coefficient (Wildman–Crippen LogP) is 8.47. The molecule has 1 aliphatic rings. The molecule has 4 nitrogen and oxygen atoms in total. The van der Waals surface area contributed by atoms with E-state index in [0.717, 1.165) is 12.1 Å². The van der Waals surface area contributed by atoms with Crippen LogP contribution in [0.3, 0.4) is 0 Å². The molecule has 0 spiro atoms. The Balaban J connectivity index is 1.52. The molecule has 2 unspecified atom stereocenters. The molecule has 3 aromatic rings. The maximum atomic E-state index is 13.9. The van der Waals surface area contributed by atoms with Gasteiger partial charge in [-0.1, -0.05) is 34.8 Å². The molecule has 182 valence electrons. The Morgan fingerprint density at radius 1 is 0.914 bits per heavy atom. The molecule has 1 fully saturated rings. The summed E-state index contributed by atoms with van der Waals surface area (Å²) in [5, 5.41) is 5.63. The van der Waals surface area contributed by atoms with Gasteiger partial charge in [0, 0.05) is 22.1 Å². The van der Waals surface area contributed by atoms with Crippen molar-refractivity contribution in [1.82, 2.24) is 0 Å². The molecule has 2 amide bonds. The second kappa shape index (κ2) is 10.0. The average Bonchev–Trinajstić information content (AvgIpc) is 3.37. The summed E-state index contributed by atoms with van der Waals surface area (Å²) < 4.78 is 26.2. The van der Waals surface area contributed by atoms with Crippen LogP contribution in [-0.2, 0) is 4.79 Å². The van der Waals surface area contributed by atoms with E-state index in [1.54, 1.807) is 12.1 Å². The second-order valence-electron chi connectivity index (χ2n) is 7.69. The molecule has 12 heteroatoms. The molecule has 0 saturated heterocycles. The topological polar surface area (TPSA) is 58.2 Å². The van der Waals surface area contributed by atoms with Gasteiger partial charge in [0.05, 0.1) is 32.2 Å². The van der Waals surface area contributed by atoms with Crippen LogP contribution < -0.4 is 10.6 Å². The van der Waals surface area contributed by atoms with Gasteiger partial charge in [-0.05, 0) is 64.0 Å². The summed E-state index contributed by atoms with van der Waals surface area (Å²) in [7, 11) is 0. The van der Waals surface area contributed by atoms with Gasteiger partial charge in [-0.2, -0.15) is 0 Å². The molecule has 0 aromatic heterocycles. The Morgan fingerprint density at radius 2 is 1.63 bits per heavy atom. The number of carbonyl (C=O) groups excluding carboxylic acids is 2. The fraction of sp³-hybridized carbons (Fsp3) is 0.130. The van der Waals surface area contributed by atoms with Crippen molar-refractivity contribution in [3.63, 3.8) is 0 Å². The Morgan fingerprint density at radius 3 is 2.29 bits per heavy atom. The lowest BCUT2D eigenvalue weighted by Gasteiger charge is -2.11. The van der Waals surface area contributed by atoms with Gasteiger partial charge in [0.15, 0.2) is 0 Å². The molecule has 1 aliphatic carbocycles. The second-order valence-corrected chi connectivity index (χ2v) is 11.2. The lowest BCUT2D eigenvalue weighted by molar-refractivity contribution is -0.117. The van der Waals surface area contributed by atoms with E-state index in [9.17, 15) is 18.4 Å². The van der Waals surface area contributed by atoms with Crippen molar-refractivity contribution in [3.8, 4) is 0 Å². The number of benzene rings is 3. The van der Waals surface area contributed by atoms with Crippen LogP contribution in [0, 0.1) is 17.6 Å². The third-order valence-corrected chi connectivity index (χ3v) is 8.28. The molecule has 1 saturated carbocycles. The molecule has 2 N–H and O–H groups in total. The SMILES string of the molecule is O=C(Nc1ccc(F)cc1F)c1cc(NC(=O)C2C(c3cc(Cl)c(Cl)c(Br)c3)C2(Cl)Cl)ccc1Cl. The molecule has 4 rings (SSSR count). The van der Waals surface area contributed by atoms with Crippen molar-refractivity contribution in [3.05, 3.63) is 90.8 Å². The standard InChI is InChI=1S/C23H12BrCl5F2N2O2/c24-13-5-9(6-15(26)20(13)27)18-19(23(18,28)29)22(35)32-11-2-3-14(25)12(8-11)21(34)33-17-4-1-10(30)7-16(17)31/h1-8,18-19H,(H,32,35)(H,33,34). The van der Waals surface area contributed by atoms with Crippen LogP contribution in [0.5, 0.6) is 0 Å². The van der Waals surface area contributed by atoms with E-state index in [2.05, 4.69) is 26.6 Å². The Kier molecular flexibility index (Phi) is 7.59. The highest BCUT2D eigenvalue weighted by atomic mass is 79.9. The van der Waals surface area contributed by atoms with Gasteiger partial charge in [-0.25, -0.2) is 8.78 Å². The van der Waals surface area contributed by atoms with E-state index < -0.39 is 39.6 Å². The largest absolute Gasteiger partial charge is 0.326 e. The minimum Gasteiger partial charge on any atom is -0.326 e. The summed E-state index contributed by atoms with van der Waals surface area (Å²) in [6.45, 7) is 0. The van der Waals surface area contributed by atoms with Crippen LogP contribution in [0.2, 0.25) is 15.1 Å². The Labute approximate surface area is 232 Å². The van der Waals surface area contributed by atoms with Gasteiger partial charge in [0.2, 0.25) is 5.91 Å². The third-order valence-electron chi connectivity index (χ3n) is 5.36. The lowest BCUT2D eigenvalue weighted by atomic mass is 10.1. The zero-order valence-electron chi connectivity index (χ0n) is 17.1. The van der Waals surface area contributed by atoms with E-state index in [4.69, 9.17) is 58.0 Å². The first-order chi connectivity index (χ1) is 16.4. The molecule has 2 atom stereocenters. The van der Waals surface area contributed by atoms with Gasteiger partial charge in [-0.15, -0.1) is 23.2 Å². The van der Waals surface area contributed by atoms with E-state index in [1.807, 2.05) is 0 Å². The first-order valence-corrected chi connectivity index (χ1v) is 12.5. The van der Waals surface area contributed by atoms with E-state index in [0.29, 0.717) is 21.1 Å². The summed E-state index contributed by atoms with van der Waals surface area (Å²) >= 11 is 34.4. The number of hydrogen-bond acceptors (Lipinski definition) is 2. The molecule has 0 bridgehead atoms. The van der Waals surface area contributed by atoms with Crippen LogP contribution in [-0.4, -0.2) is 16.1 Å². The van der Waals surface area contributed by atoms with Gasteiger partial charge >= 0.3 is 0 Å². The van der Waals surface area contributed by atoms with Crippen molar-refractivity contribution in [1.29, 1.82) is 0 Å². The smallest absolute Gasteiger partial charge is 0.257 e. The average molecular weight is 644 g/mol. The van der Waals surface area contributed by atoms with Gasteiger partial charge in [0.1, 0.15) is 16.0 Å². The maximum Gasteiger partial charge on any atom is 0.257 e. The highest BCUT2D eigenvalue weighted by Gasteiger charge is 2.67. The van der Waals surface area contributed by atoms with Crippen molar-refractivity contribution < 1.29 is 18.4 Å². The van der Waals surface area contributed by atoms with Gasteiger partial charge < -0.3 is 10.6 Å². The van der Waals surface area contributed by atoms with Crippen LogP contribution >= 0.6 is 73.9 Å². The van der Waals surface area contributed by atoms with Crippen LogP contribution in [0.15, 0.2) is 53.0 Å². The number of anilines is 2. The summed E-state index contributed by atoms with van der Waals surface area (Å²) in [6.07, 6.45) is 0. The quantitative estimate of drug-likeness (QED) is 0.217. The summed E-state index contributed by atoms with van der Waals surface area (Å²) in [5.74, 6) is -4.38. The first-order valence-electron chi connectivity index (χ1n) is 9.79. The number of rotatable bonds is 5. The Hall–Kier alpha value is -1.61. The van der Waals surface area contributed by atoms with Crippen LogP contribution in [0.4, 0.5) is 20.2 Å². The van der Waals surface area contributed by atoms with Gasteiger partial charge in [-0.3, -0.25) is 9.59 Å². The summed E-state index contributed by atoms with van der Waals surface area (Å²) in [6, 6.07) is 10.2. The molecular weight excluding hydrogens is 631 g/mol. The van der Waals surface area contributed by atoms with Crippen molar-refractivity contribution >= 4 is 97.1 Å². The van der Waals surface area contributed by atoms with Crippen LogP contribution in [0.25, 0.3) is 0 Å². The number of hydrogen-bond donors (Lipinski definition) is 2. The summed E-state index contributed by atoms with van der Waals surface area (Å²) in [5.41, 5.74) is 0.574. The number of nitrogens with one attached hydrogen (secondary N) is 2. The zero-order valence-corrected chi connectivity index (χ0v) is 22.5. The fourth-order valence-corrected chi connectivity index (χ4v) is 5.56. The van der Waals surface area contributed by atoms with Crippen molar-refractivity contribution in [2.75, 3.05) is 10.6 Å². The molecule has 3 aromatic carbocycles. The maximum absolute atomic E-state index is 13.9. The van der Waals surface area contributed by atoms with Crippen molar-refractivity contribution in [2.24, 2.45) is 5.92 Å². The van der Waals surface area contributed by atoms with Crippen LogP contribution in [0.1, 0.15) is 21.8 Å². The molecule has 0 radical (unpaired) electrons. The zero-order chi connectivity index (χ0) is 25.7. The first kappa shape index (κ1) is 26.5. The summed E-state index contributed by atoms with van der Waals surface area (Å²) in [4.78, 5) is 25.6. The fourth-order valence-electron chi connectivity index (χ4n) is 3.60. The Bertz CT molecular complexity index is 1350. The number of amides is 2. The van der Waals surface area contributed by atoms with Crippen molar-refractivity contribution in [2.45, 2.75) is 10.3 Å². The highest BCUT2D eigenvalue weighted by Crippen LogP contribution is 2.65. The predicted molar refractivity (Wildman–Crippen MR) is 139 cm³/mol.